The highest BCUT2D eigenvalue weighted by Gasteiger charge is 2.33. The monoisotopic (exact) mass is 265 g/mol. The van der Waals surface area contributed by atoms with Crippen molar-refractivity contribution in [3.8, 4) is 0 Å². The first-order valence-corrected chi connectivity index (χ1v) is 6.29. The fraction of sp³-hybridized carbons (Fsp3) is 0.615. The molecule has 0 atom stereocenters. The van der Waals surface area contributed by atoms with Gasteiger partial charge in [-0.15, -0.1) is 0 Å². The zero-order chi connectivity index (χ0) is 14.4. The van der Waals surface area contributed by atoms with Crippen molar-refractivity contribution in [2.45, 2.75) is 33.7 Å². The van der Waals surface area contributed by atoms with Crippen LogP contribution in [0.25, 0.3) is 0 Å². The molecule has 6 heteroatoms. The third-order valence-electron chi connectivity index (χ3n) is 3.37. The van der Waals surface area contributed by atoms with E-state index in [2.05, 4.69) is 5.10 Å². The molecule has 2 heterocycles. The molecule has 0 saturated carbocycles. The number of aromatic carboxylic acids is 1. The molecule has 1 aromatic rings. The van der Waals surface area contributed by atoms with E-state index in [0.717, 1.165) is 5.69 Å². The van der Waals surface area contributed by atoms with Crippen LogP contribution >= 0.6 is 0 Å². The van der Waals surface area contributed by atoms with Crippen LogP contribution in [0.1, 0.15) is 42.5 Å². The van der Waals surface area contributed by atoms with Crippen LogP contribution in [0.15, 0.2) is 0 Å². The lowest BCUT2D eigenvalue weighted by Crippen LogP contribution is -2.42. The molecule has 1 aliphatic heterocycles. The number of carbonyl (C=O) groups excluding carboxylic acids is 1. The predicted octanol–water partition coefficient (Wildman–Crippen LogP) is 1.05. The highest BCUT2D eigenvalue weighted by Crippen LogP contribution is 2.26. The number of aryl methyl sites for hydroxylation is 1. The van der Waals surface area contributed by atoms with Gasteiger partial charge in [-0.25, -0.2) is 4.79 Å². The van der Waals surface area contributed by atoms with Crippen molar-refractivity contribution in [1.29, 1.82) is 0 Å². The average molecular weight is 265 g/mol. The molecule has 1 aromatic heterocycles. The molecule has 1 amide bonds. The lowest BCUT2D eigenvalue weighted by molar-refractivity contribution is -0.140. The molecule has 19 heavy (non-hydrogen) atoms. The van der Waals surface area contributed by atoms with Gasteiger partial charge < -0.3 is 10.0 Å². The lowest BCUT2D eigenvalue weighted by atomic mass is 9.93. The molecule has 0 spiro atoms. The van der Waals surface area contributed by atoms with E-state index in [1.165, 1.54) is 0 Å². The summed E-state index contributed by atoms with van der Waals surface area (Å²) in [6.45, 7) is 6.55. The summed E-state index contributed by atoms with van der Waals surface area (Å²) in [6.07, 6.45) is 0.647. The lowest BCUT2D eigenvalue weighted by Gasteiger charge is -2.32. The molecule has 1 aliphatic rings. The van der Waals surface area contributed by atoms with E-state index in [9.17, 15) is 9.59 Å². The van der Waals surface area contributed by atoms with Gasteiger partial charge in [-0.2, -0.15) is 5.10 Å². The number of carboxylic acid groups (broad SMARTS) is 1. The quantitative estimate of drug-likeness (QED) is 0.823. The number of aromatic nitrogens is 2. The summed E-state index contributed by atoms with van der Waals surface area (Å²) in [6, 6.07) is 0. The standard InChI is InChI=1S/C13H19N3O3/c1-13(2,3)12(19)16-6-5-9-8(7-16)10(11(17)18)14-15(9)4/h5-7H2,1-4H3,(H,17,18). The first-order valence-electron chi connectivity index (χ1n) is 6.29. The van der Waals surface area contributed by atoms with Crippen LogP contribution in [0.4, 0.5) is 0 Å². The van der Waals surface area contributed by atoms with Crippen LogP contribution in [-0.4, -0.2) is 38.2 Å². The molecule has 0 saturated heterocycles. The summed E-state index contributed by atoms with van der Waals surface area (Å²) >= 11 is 0. The number of rotatable bonds is 1. The van der Waals surface area contributed by atoms with Crippen LogP contribution in [0, 0.1) is 5.41 Å². The van der Waals surface area contributed by atoms with Crippen molar-refractivity contribution in [2.75, 3.05) is 6.54 Å². The third-order valence-corrected chi connectivity index (χ3v) is 3.37. The molecule has 104 valence electrons. The minimum Gasteiger partial charge on any atom is -0.476 e. The Morgan fingerprint density at radius 3 is 2.47 bits per heavy atom. The van der Waals surface area contributed by atoms with Gasteiger partial charge in [0.25, 0.3) is 0 Å². The van der Waals surface area contributed by atoms with E-state index in [4.69, 9.17) is 5.11 Å². The second-order valence-electron chi connectivity index (χ2n) is 5.93. The Morgan fingerprint density at radius 1 is 1.32 bits per heavy atom. The molecular formula is C13H19N3O3. The zero-order valence-corrected chi connectivity index (χ0v) is 11.7. The predicted molar refractivity (Wildman–Crippen MR) is 68.7 cm³/mol. The van der Waals surface area contributed by atoms with Crippen molar-refractivity contribution < 1.29 is 14.7 Å². The number of hydrogen-bond acceptors (Lipinski definition) is 3. The fourth-order valence-corrected chi connectivity index (χ4v) is 2.41. The topological polar surface area (TPSA) is 75.4 Å². The van der Waals surface area contributed by atoms with Gasteiger partial charge >= 0.3 is 5.97 Å². The van der Waals surface area contributed by atoms with Crippen molar-refractivity contribution >= 4 is 11.9 Å². The Bertz CT molecular complexity index is 540. The summed E-state index contributed by atoms with van der Waals surface area (Å²) < 4.78 is 1.61. The van der Waals surface area contributed by atoms with Gasteiger partial charge in [-0.3, -0.25) is 9.48 Å². The Kier molecular flexibility index (Phi) is 3.12. The van der Waals surface area contributed by atoms with Crippen LogP contribution in [0.2, 0.25) is 0 Å². The molecular weight excluding hydrogens is 246 g/mol. The SMILES string of the molecule is Cn1nc(C(=O)O)c2c1CCN(C(=O)C(C)(C)C)C2. The molecule has 0 aromatic carbocycles. The Hall–Kier alpha value is -1.85. The maximum atomic E-state index is 12.3. The summed E-state index contributed by atoms with van der Waals surface area (Å²) in [5.74, 6) is -1.000. The van der Waals surface area contributed by atoms with E-state index in [-0.39, 0.29) is 11.6 Å². The first-order chi connectivity index (χ1) is 8.71. The number of carbonyl (C=O) groups is 2. The van der Waals surface area contributed by atoms with Crippen LogP contribution in [0.5, 0.6) is 0 Å². The van der Waals surface area contributed by atoms with Crippen LogP contribution in [0.3, 0.4) is 0 Å². The van der Waals surface area contributed by atoms with Gasteiger partial charge in [0.1, 0.15) is 0 Å². The molecule has 2 rings (SSSR count). The molecule has 6 nitrogen and oxygen atoms in total. The van der Waals surface area contributed by atoms with Gasteiger partial charge in [0, 0.05) is 43.2 Å². The van der Waals surface area contributed by atoms with E-state index in [1.807, 2.05) is 20.8 Å². The van der Waals surface area contributed by atoms with E-state index >= 15 is 0 Å². The van der Waals surface area contributed by atoms with Gasteiger partial charge in [0.2, 0.25) is 5.91 Å². The van der Waals surface area contributed by atoms with Gasteiger partial charge in [-0.1, -0.05) is 20.8 Å². The summed E-state index contributed by atoms with van der Waals surface area (Å²) in [5, 5.41) is 13.2. The van der Waals surface area contributed by atoms with E-state index in [0.29, 0.717) is 25.1 Å². The second kappa shape index (κ2) is 4.36. The fourth-order valence-electron chi connectivity index (χ4n) is 2.41. The number of amides is 1. The molecule has 0 radical (unpaired) electrons. The van der Waals surface area contributed by atoms with Crippen LogP contribution in [-0.2, 0) is 24.8 Å². The number of hydrogen-bond donors (Lipinski definition) is 1. The first kappa shape index (κ1) is 13.6. The third kappa shape index (κ3) is 2.34. The van der Waals surface area contributed by atoms with Crippen molar-refractivity contribution in [1.82, 2.24) is 14.7 Å². The van der Waals surface area contributed by atoms with Crippen molar-refractivity contribution in [3.05, 3.63) is 17.0 Å². The van der Waals surface area contributed by atoms with Gasteiger partial charge in [0.05, 0.1) is 0 Å². The van der Waals surface area contributed by atoms with Crippen molar-refractivity contribution in [3.63, 3.8) is 0 Å². The Labute approximate surface area is 112 Å². The second-order valence-corrected chi connectivity index (χ2v) is 5.93. The highest BCUT2D eigenvalue weighted by atomic mass is 16.4. The largest absolute Gasteiger partial charge is 0.476 e. The maximum Gasteiger partial charge on any atom is 0.356 e. The Morgan fingerprint density at radius 2 is 1.95 bits per heavy atom. The number of nitrogens with zero attached hydrogens (tertiary/aromatic N) is 3. The minimum atomic E-state index is -1.04. The van der Waals surface area contributed by atoms with Crippen molar-refractivity contribution in [2.24, 2.45) is 12.5 Å². The maximum absolute atomic E-state index is 12.3. The summed E-state index contributed by atoms with van der Waals surface area (Å²) in [4.78, 5) is 25.2. The van der Waals surface area contributed by atoms with E-state index < -0.39 is 11.4 Å². The average Bonchev–Trinajstić information content (AvgIpc) is 2.64. The summed E-state index contributed by atoms with van der Waals surface area (Å²) in [7, 11) is 1.74. The van der Waals surface area contributed by atoms with Crippen LogP contribution < -0.4 is 0 Å². The summed E-state index contributed by atoms with van der Waals surface area (Å²) in [5.41, 5.74) is 1.18. The molecule has 0 aliphatic carbocycles. The molecule has 0 fully saturated rings. The Balaban J connectivity index is 2.34. The zero-order valence-electron chi connectivity index (χ0n) is 11.7. The molecule has 1 N–H and O–H groups in total. The number of carboxylic acids is 1. The van der Waals surface area contributed by atoms with Gasteiger partial charge in [-0.05, 0) is 0 Å². The normalized spacial score (nSPS) is 15.3. The number of fused-ring (bicyclic) bond motifs is 1. The highest BCUT2D eigenvalue weighted by molar-refractivity contribution is 5.88. The smallest absolute Gasteiger partial charge is 0.356 e. The molecule has 0 bridgehead atoms. The van der Waals surface area contributed by atoms with Gasteiger partial charge in [0.15, 0.2) is 5.69 Å². The molecule has 0 unspecified atom stereocenters. The minimum absolute atomic E-state index is 0.0401. The van der Waals surface area contributed by atoms with E-state index in [1.54, 1.807) is 16.6 Å².